The molecule has 1 heterocycles. The molecule has 34 heavy (non-hydrogen) atoms. The number of piperidine rings is 1. The zero-order valence-electron chi connectivity index (χ0n) is 19.6. The van der Waals surface area contributed by atoms with Crippen LogP contribution in [-0.4, -0.2) is 70.6 Å². The number of Topliss-reactive ketones (excluding diaryl/α,β-unsaturated/α-hetero) is 1. The van der Waals surface area contributed by atoms with Crippen LogP contribution in [0, 0.1) is 5.82 Å². The third kappa shape index (κ3) is 7.42. The molecule has 1 aliphatic heterocycles. The molecule has 3 N–H and O–H groups in total. The number of allylic oxidation sites excluding steroid dienone is 6. The maximum Gasteiger partial charge on any atom is 0.192 e. The van der Waals surface area contributed by atoms with E-state index in [1.807, 2.05) is 24.3 Å². The summed E-state index contributed by atoms with van der Waals surface area (Å²) in [6, 6.07) is 4.56. The van der Waals surface area contributed by atoms with Crippen molar-refractivity contribution in [2.45, 2.75) is 63.4 Å². The minimum Gasteiger partial charge on any atom is -0.395 e. The van der Waals surface area contributed by atoms with Gasteiger partial charge < -0.3 is 20.1 Å². The first-order valence-corrected chi connectivity index (χ1v) is 12.2. The van der Waals surface area contributed by atoms with Gasteiger partial charge in [0.25, 0.3) is 0 Å². The van der Waals surface area contributed by atoms with Crippen molar-refractivity contribution in [2.75, 3.05) is 26.3 Å². The number of hydrogen-bond acceptors (Lipinski definition) is 6. The molecule has 0 aromatic heterocycles. The first kappa shape index (κ1) is 26.4. The Morgan fingerprint density at radius 3 is 2.74 bits per heavy atom. The van der Waals surface area contributed by atoms with Crippen molar-refractivity contribution in [3.63, 3.8) is 0 Å². The van der Waals surface area contributed by atoms with Crippen molar-refractivity contribution in [1.82, 2.24) is 4.90 Å². The predicted molar refractivity (Wildman–Crippen MR) is 129 cm³/mol. The number of benzene rings is 1. The summed E-state index contributed by atoms with van der Waals surface area (Å²) in [5.41, 5.74) is 2.24. The number of β-amino-alcohol motifs (C(OH)–C–C–N with tert-alkyl or cyclic N) is 1. The van der Waals surface area contributed by atoms with Gasteiger partial charge in [-0.3, -0.25) is 9.69 Å². The van der Waals surface area contributed by atoms with E-state index in [0.29, 0.717) is 25.3 Å². The number of hydrogen-bond donors (Lipinski definition) is 3. The van der Waals surface area contributed by atoms with Gasteiger partial charge in [0.05, 0.1) is 19.3 Å². The van der Waals surface area contributed by atoms with Gasteiger partial charge in [-0.1, -0.05) is 42.5 Å². The van der Waals surface area contributed by atoms with Crippen molar-refractivity contribution >= 4 is 11.4 Å². The molecule has 0 amide bonds. The fourth-order valence-corrected chi connectivity index (χ4v) is 4.34. The molecule has 3 rings (SSSR count). The summed E-state index contributed by atoms with van der Waals surface area (Å²) >= 11 is 0. The molecule has 0 bridgehead atoms. The molecule has 0 saturated carbocycles. The fraction of sp³-hybridized carbons (Fsp3) is 0.519. The van der Waals surface area contributed by atoms with Crippen LogP contribution in [0.2, 0.25) is 0 Å². The highest BCUT2D eigenvalue weighted by Crippen LogP contribution is 2.23. The minimum atomic E-state index is -1.36. The van der Waals surface area contributed by atoms with Crippen LogP contribution in [0.4, 0.5) is 4.39 Å². The van der Waals surface area contributed by atoms with Gasteiger partial charge in [-0.15, -0.1) is 0 Å². The number of unbranched alkanes of at least 4 members (excludes halogenated alkanes) is 2. The lowest BCUT2D eigenvalue weighted by Gasteiger charge is -2.39. The van der Waals surface area contributed by atoms with Crippen molar-refractivity contribution in [1.29, 1.82) is 0 Å². The van der Waals surface area contributed by atoms with Crippen molar-refractivity contribution < 1.29 is 29.2 Å². The van der Waals surface area contributed by atoms with Crippen LogP contribution in [0.5, 0.6) is 0 Å². The number of aliphatic hydroxyl groups excluding tert-OH is 3. The molecular formula is C27H36FNO5. The molecule has 2 aliphatic rings. The molecule has 3 atom stereocenters. The second-order valence-corrected chi connectivity index (χ2v) is 8.92. The largest absolute Gasteiger partial charge is 0.395 e. The number of rotatable bonds is 10. The van der Waals surface area contributed by atoms with Gasteiger partial charge in [0.1, 0.15) is 18.0 Å². The summed E-state index contributed by atoms with van der Waals surface area (Å²) in [5.74, 6) is -0.884. The molecule has 1 saturated heterocycles. The van der Waals surface area contributed by atoms with E-state index in [-0.39, 0.29) is 19.0 Å². The molecule has 1 fully saturated rings. The Labute approximate surface area is 201 Å². The molecule has 6 nitrogen and oxygen atoms in total. The van der Waals surface area contributed by atoms with E-state index in [4.69, 9.17) is 4.74 Å². The van der Waals surface area contributed by atoms with Crippen molar-refractivity contribution in [2.24, 2.45) is 0 Å². The second kappa shape index (κ2) is 13.7. The Kier molecular flexibility index (Phi) is 10.6. The summed E-state index contributed by atoms with van der Waals surface area (Å²) in [4.78, 5) is 13.4. The van der Waals surface area contributed by atoms with Gasteiger partial charge in [-0.25, -0.2) is 4.39 Å². The smallest absolute Gasteiger partial charge is 0.192 e. The van der Waals surface area contributed by atoms with Gasteiger partial charge in [-0.05, 0) is 62.3 Å². The van der Waals surface area contributed by atoms with E-state index in [9.17, 15) is 24.5 Å². The quantitative estimate of drug-likeness (QED) is 0.453. The average molecular weight is 474 g/mol. The number of carbonyl (C=O) groups excluding carboxylic acids is 1. The first-order valence-electron chi connectivity index (χ1n) is 12.2. The Balaban J connectivity index is 1.38. The molecule has 1 aromatic carbocycles. The summed E-state index contributed by atoms with van der Waals surface area (Å²) in [6.45, 7) is 1.24. The number of carbonyl (C=O) groups is 1. The molecule has 186 valence electrons. The SMILES string of the molecule is O=C1[C@@H](O)CN(CCCCCOCc2ccc(C3=C/C=C\CCC/C=C\3)c(F)c2)C(CO)[C@H]1O. The fourth-order valence-electron chi connectivity index (χ4n) is 4.34. The van der Waals surface area contributed by atoms with E-state index < -0.39 is 24.0 Å². The molecule has 0 spiro atoms. The number of ether oxygens (including phenoxy) is 1. The van der Waals surface area contributed by atoms with Crippen LogP contribution in [0.3, 0.4) is 0 Å². The maximum atomic E-state index is 14.7. The van der Waals surface area contributed by atoms with E-state index >= 15 is 0 Å². The first-order chi connectivity index (χ1) is 16.5. The lowest BCUT2D eigenvalue weighted by Crippen LogP contribution is -2.60. The van der Waals surface area contributed by atoms with Crippen LogP contribution in [0.25, 0.3) is 5.57 Å². The lowest BCUT2D eigenvalue weighted by molar-refractivity contribution is -0.150. The highest BCUT2D eigenvalue weighted by molar-refractivity contribution is 5.88. The number of aliphatic hydroxyl groups is 3. The van der Waals surface area contributed by atoms with E-state index in [2.05, 4.69) is 12.2 Å². The molecule has 1 aromatic rings. The Morgan fingerprint density at radius 1 is 1.12 bits per heavy atom. The lowest BCUT2D eigenvalue weighted by atomic mass is 9.95. The highest BCUT2D eigenvalue weighted by Gasteiger charge is 2.40. The zero-order chi connectivity index (χ0) is 24.3. The van der Waals surface area contributed by atoms with E-state index in [1.54, 1.807) is 11.0 Å². The Hall–Kier alpha value is -2.16. The standard InChI is InChI=1S/C27H36FNO5/c28-23-16-20(12-13-22(23)21-10-6-3-1-2-4-7-11-21)19-34-15-9-5-8-14-29-17-25(31)27(33)26(32)24(29)18-30/h3,6-7,10-13,16,24-26,30-32H,1-2,4-5,8-9,14-15,17-19H2/b6-3-,11-7-,21-10+/t24?,25-,26+/m0/s1. The van der Waals surface area contributed by atoms with Gasteiger partial charge in [0, 0.05) is 18.7 Å². The summed E-state index contributed by atoms with van der Waals surface area (Å²) in [5, 5.41) is 29.2. The summed E-state index contributed by atoms with van der Waals surface area (Å²) in [7, 11) is 0. The summed E-state index contributed by atoms with van der Waals surface area (Å²) in [6.07, 6.45) is 13.1. The van der Waals surface area contributed by atoms with E-state index in [0.717, 1.165) is 49.7 Å². The Morgan fingerprint density at radius 2 is 1.94 bits per heavy atom. The minimum absolute atomic E-state index is 0.127. The molecule has 1 unspecified atom stereocenters. The maximum absolute atomic E-state index is 14.7. The highest BCUT2D eigenvalue weighted by atomic mass is 19.1. The molecular weight excluding hydrogens is 437 g/mol. The number of likely N-dealkylation sites (tertiary alicyclic amines) is 1. The van der Waals surface area contributed by atoms with Crippen LogP contribution in [-0.2, 0) is 16.1 Å². The van der Waals surface area contributed by atoms with Crippen LogP contribution in [0.1, 0.15) is 49.7 Å². The predicted octanol–water partition coefficient (Wildman–Crippen LogP) is 3.16. The summed E-state index contributed by atoms with van der Waals surface area (Å²) < 4.78 is 20.4. The normalized spacial score (nSPS) is 27.4. The molecule has 7 heteroatoms. The number of halogens is 1. The van der Waals surface area contributed by atoms with Gasteiger partial charge in [0.15, 0.2) is 5.78 Å². The van der Waals surface area contributed by atoms with Crippen LogP contribution < -0.4 is 0 Å². The third-order valence-electron chi connectivity index (χ3n) is 6.35. The topological polar surface area (TPSA) is 90.2 Å². The molecule has 0 radical (unpaired) electrons. The monoisotopic (exact) mass is 473 g/mol. The van der Waals surface area contributed by atoms with Crippen molar-refractivity contribution in [3.8, 4) is 0 Å². The van der Waals surface area contributed by atoms with Crippen LogP contribution >= 0.6 is 0 Å². The Bertz CT molecular complexity index is 897. The van der Waals surface area contributed by atoms with Gasteiger partial charge in [-0.2, -0.15) is 0 Å². The van der Waals surface area contributed by atoms with Gasteiger partial charge >= 0.3 is 0 Å². The molecule has 1 aliphatic carbocycles. The second-order valence-electron chi connectivity index (χ2n) is 8.92. The van der Waals surface area contributed by atoms with Crippen LogP contribution in [0.15, 0.2) is 48.6 Å². The average Bonchev–Trinajstić information content (AvgIpc) is 2.96. The van der Waals surface area contributed by atoms with Gasteiger partial charge in [0.2, 0.25) is 0 Å². The van der Waals surface area contributed by atoms with E-state index in [1.165, 1.54) is 6.07 Å². The van der Waals surface area contributed by atoms with Crippen molar-refractivity contribution in [3.05, 3.63) is 65.5 Å². The number of ketones is 1. The third-order valence-corrected chi connectivity index (χ3v) is 6.35. The zero-order valence-corrected chi connectivity index (χ0v) is 19.6. The number of nitrogens with zero attached hydrogens (tertiary/aromatic N) is 1.